The normalized spacial score (nSPS) is 11.6. The molecule has 0 aliphatic carbocycles. The number of nitrogens with two attached hydrogens (primary N) is 1. The predicted molar refractivity (Wildman–Crippen MR) is 118 cm³/mol. The minimum Gasteiger partial charge on any atom is -0.469 e. The summed E-state index contributed by atoms with van der Waals surface area (Å²) >= 11 is 0. The number of nitrogens with zero attached hydrogens (tertiary/aromatic N) is 3. The highest BCUT2D eigenvalue weighted by Crippen LogP contribution is 2.19. The first-order chi connectivity index (χ1) is 15.2. The summed E-state index contributed by atoms with van der Waals surface area (Å²) in [5, 5.41) is 0. The van der Waals surface area contributed by atoms with E-state index in [4.69, 9.17) is 15.2 Å². The Morgan fingerprint density at radius 1 is 1.25 bits per heavy atom. The van der Waals surface area contributed by atoms with E-state index < -0.39 is 15.5 Å². The van der Waals surface area contributed by atoms with Gasteiger partial charge in [0.25, 0.3) is 0 Å². The molecule has 12 heteroatoms. The first-order valence-corrected chi connectivity index (χ1v) is 11.8. The smallest absolute Gasteiger partial charge is 0.328 e. The van der Waals surface area contributed by atoms with Crippen molar-refractivity contribution in [3.8, 4) is 6.01 Å². The maximum absolute atomic E-state index is 12.5. The molecular weight excluding hydrogens is 438 g/mol. The maximum Gasteiger partial charge on any atom is 0.328 e. The molecule has 11 nitrogen and oxygen atoms in total. The molecule has 0 aliphatic rings. The van der Waals surface area contributed by atoms with Gasteiger partial charge in [-0.1, -0.05) is 31.2 Å². The number of anilines is 1. The Kier molecular flexibility index (Phi) is 7.13. The van der Waals surface area contributed by atoms with Crippen LogP contribution in [-0.4, -0.2) is 59.1 Å². The number of carbonyl (C=O) groups excluding carboxylic acids is 1. The number of sulfone groups is 1. The number of nitrogen functional groups attached to an aromatic ring is 1. The average Bonchev–Trinajstić information content (AvgIpc) is 3.07. The van der Waals surface area contributed by atoms with E-state index in [1.54, 1.807) is 25.1 Å². The zero-order valence-corrected chi connectivity index (χ0v) is 18.6. The molecule has 0 saturated carbocycles. The summed E-state index contributed by atoms with van der Waals surface area (Å²) in [5.74, 6) is -0.251. The van der Waals surface area contributed by atoms with E-state index in [1.165, 1.54) is 11.7 Å². The molecule has 3 rings (SSSR count). The van der Waals surface area contributed by atoms with Crippen LogP contribution in [0.4, 0.5) is 5.82 Å². The van der Waals surface area contributed by atoms with Gasteiger partial charge in [0, 0.05) is 5.75 Å². The minimum absolute atomic E-state index is 0.00198. The van der Waals surface area contributed by atoms with E-state index in [0.29, 0.717) is 0 Å². The van der Waals surface area contributed by atoms with Crippen molar-refractivity contribution in [2.24, 2.45) is 0 Å². The van der Waals surface area contributed by atoms with Crippen molar-refractivity contribution in [2.75, 3.05) is 31.0 Å². The van der Waals surface area contributed by atoms with Crippen LogP contribution in [0.5, 0.6) is 6.01 Å². The van der Waals surface area contributed by atoms with Crippen LogP contribution >= 0.6 is 0 Å². The Morgan fingerprint density at radius 3 is 2.72 bits per heavy atom. The Bertz CT molecular complexity index is 1280. The van der Waals surface area contributed by atoms with E-state index >= 15 is 0 Å². The van der Waals surface area contributed by atoms with Crippen molar-refractivity contribution in [3.63, 3.8) is 0 Å². The molecule has 2 heterocycles. The number of benzene rings is 1. The molecular formula is C20H25N5O6S. The molecule has 0 unspecified atom stereocenters. The van der Waals surface area contributed by atoms with Gasteiger partial charge in [-0.15, -0.1) is 0 Å². The number of aromatic nitrogens is 4. The van der Waals surface area contributed by atoms with Crippen molar-refractivity contribution >= 4 is 32.8 Å². The van der Waals surface area contributed by atoms with Crippen molar-refractivity contribution in [2.45, 2.75) is 26.3 Å². The molecule has 1 aromatic carbocycles. The molecule has 0 bridgehead atoms. The zero-order chi connectivity index (χ0) is 23.3. The van der Waals surface area contributed by atoms with Gasteiger partial charge in [0.05, 0.1) is 32.4 Å². The van der Waals surface area contributed by atoms with Gasteiger partial charge in [0.15, 0.2) is 11.5 Å². The van der Waals surface area contributed by atoms with E-state index in [-0.39, 0.29) is 66.5 Å². The standard InChI is InChI=1S/C20H25N5O6S/c1-3-32(28,29)9-5-8-31-19-23-17(21)16-18(24-19)25(20(27)22-16)12-14-7-4-6-13(10-14)11-15(26)30-2/h4,6-7,10H,3,5,8-9,11-12H2,1-2H3,(H,22,27)(H2,21,23,24). The second-order valence-corrected chi connectivity index (χ2v) is 9.59. The number of fused-ring (bicyclic) bond motifs is 1. The highest BCUT2D eigenvalue weighted by molar-refractivity contribution is 7.91. The van der Waals surface area contributed by atoms with Crippen LogP contribution in [0.15, 0.2) is 29.1 Å². The van der Waals surface area contributed by atoms with Crippen LogP contribution in [0.1, 0.15) is 24.5 Å². The molecule has 0 radical (unpaired) electrons. The molecule has 0 spiro atoms. The number of hydrogen-bond acceptors (Lipinski definition) is 9. The van der Waals surface area contributed by atoms with Crippen LogP contribution < -0.4 is 16.2 Å². The molecule has 172 valence electrons. The number of methoxy groups -OCH3 is 1. The molecule has 0 aliphatic heterocycles. The lowest BCUT2D eigenvalue weighted by Gasteiger charge is -2.08. The fourth-order valence-electron chi connectivity index (χ4n) is 3.09. The summed E-state index contributed by atoms with van der Waals surface area (Å²) < 4.78 is 34.7. The maximum atomic E-state index is 12.5. The fraction of sp³-hybridized carbons (Fsp3) is 0.400. The largest absolute Gasteiger partial charge is 0.469 e. The number of imidazole rings is 1. The van der Waals surface area contributed by atoms with Gasteiger partial charge < -0.3 is 20.2 Å². The van der Waals surface area contributed by atoms with E-state index in [1.807, 2.05) is 6.07 Å². The van der Waals surface area contributed by atoms with Crippen molar-refractivity contribution in [1.82, 2.24) is 19.5 Å². The average molecular weight is 464 g/mol. The van der Waals surface area contributed by atoms with Crippen molar-refractivity contribution in [1.29, 1.82) is 0 Å². The molecule has 0 saturated heterocycles. The Balaban J connectivity index is 1.82. The second-order valence-electron chi connectivity index (χ2n) is 7.12. The monoisotopic (exact) mass is 463 g/mol. The number of hydrogen-bond donors (Lipinski definition) is 2. The first kappa shape index (κ1) is 23.3. The summed E-state index contributed by atoms with van der Waals surface area (Å²) in [7, 11) is -1.77. The Labute approximate surface area is 184 Å². The number of nitrogens with one attached hydrogen (secondary N) is 1. The summed E-state index contributed by atoms with van der Waals surface area (Å²) in [5.41, 5.74) is 7.60. The van der Waals surface area contributed by atoms with Crippen LogP contribution in [0, 0.1) is 0 Å². The van der Waals surface area contributed by atoms with E-state index in [2.05, 4.69) is 15.0 Å². The van der Waals surface area contributed by atoms with Gasteiger partial charge in [0.1, 0.15) is 15.4 Å². The first-order valence-electron chi connectivity index (χ1n) is 9.96. The third-order valence-electron chi connectivity index (χ3n) is 4.81. The lowest BCUT2D eigenvalue weighted by Crippen LogP contribution is -2.18. The minimum atomic E-state index is -3.09. The van der Waals surface area contributed by atoms with Crippen molar-refractivity contribution < 1.29 is 22.7 Å². The van der Waals surface area contributed by atoms with Crippen LogP contribution in [0.3, 0.4) is 0 Å². The lowest BCUT2D eigenvalue weighted by atomic mass is 10.1. The molecule has 32 heavy (non-hydrogen) atoms. The number of ether oxygens (including phenoxy) is 2. The summed E-state index contributed by atoms with van der Waals surface area (Å²) in [6, 6.07) is 7.16. The van der Waals surface area contributed by atoms with Gasteiger partial charge in [-0.25, -0.2) is 13.2 Å². The molecule has 0 atom stereocenters. The predicted octanol–water partition coefficient (Wildman–Crippen LogP) is 0.669. The molecule has 3 N–H and O–H groups in total. The van der Waals surface area contributed by atoms with Crippen LogP contribution in [0.2, 0.25) is 0 Å². The number of rotatable bonds is 10. The quantitative estimate of drug-likeness (QED) is 0.325. The second kappa shape index (κ2) is 9.81. The van der Waals surface area contributed by atoms with E-state index in [0.717, 1.165) is 11.1 Å². The fourth-order valence-corrected chi connectivity index (χ4v) is 3.93. The highest BCUT2D eigenvalue weighted by atomic mass is 32.2. The summed E-state index contributed by atoms with van der Waals surface area (Å²) in [6.45, 7) is 1.86. The van der Waals surface area contributed by atoms with Gasteiger partial charge in [-0.3, -0.25) is 9.36 Å². The third kappa shape index (κ3) is 5.63. The summed E-state index contributed by atoms with van der Waals surface area (Å²) in [4.78, 5) is 35.0. The number of aromatic amines is 1. The van der Waals surface area contributed by atoms with Crippen LogP contribution in [-0.2, 0) is 32.3 Å². The molecule has 2 aromatic heterocycles. The molecule has 3 aromatic rings. The Hall–Kier alpha value is -3.41. The number of carbonyl (C=O) groups is 1. The molecule has 0 amide bonds. The topological polar surface area (TPSA) is 159 Å². The lowest BCUT2D eigenvalue weighted by molar-refractivity contribution is -0.139. The number of H-pyrrole nitrogens is 1. The van der Waals surface area contributed by atoms with Gasteiger partial charge >= 0.3 is 17.7 Å². The highest BCUT2D eigenvalue weighted by Gasteiger charge is 2.16. The molecule has 0 fully saturated rings. The Morgan fingerprint density at radius 2 is 2.00 bits per heavy atom. The zero-order valence-electron chi connectivity index (χ0n) is 17.8. The number of esters is 1. The van der Waals surface area contributed by atoms with Gasteiger partial charge in [-0.2, -0.15) is 9.97 Å². The van der Waals surface area contributed by atoms with E-state index in [9.17, 15) is 18.0 Å². The third-order valence-corrected chi connectivity index (χ3v) is 6.60. The summed E-state index contributed by atoms with van der Waals surface area (Å²) in [6.07, 6.45) is 0.401. The SMILES string of the molecule is CCS(=O)(=O)CCCOc1nc(N)c2[nH]c(=O)n(Cc3cccc(CC(=O)OC)c3)c2n1. The van der Waals surface area contributed by atoms with Gasteiger partial charge in [-0.05, 0) is 17.5 Å². The van der Waals surface area contributed by atoms with Crippen molar-refractivity contribution in [3.05, 3.63) is 45.9 Å². The van der Waals surface area contributed by atoms with Gasteiger partial charge in [0.2, 0.25) is 0 Å². The van der Waals surface area contributed by atoms with Crippen LogP contribution in [0.25, 0.3) is 11.2 Å².